The van der Waals surface area contributed by atoms with Gasteiger partial charge in [-0.2, -0.15) is 0 Å². The molecule has 1 aliphatic rings. The number of rotatable bonds is 5. The van der Waals surface area contributed by atoms with E-state index in [-0.39, 0.29) is 6.03 Å². The number of nitrogens with zero attached hydrogens (tertiary/aromatic N) is 2. The van der Waals surface area contributed by atoms with Crippen LogP contribution >= 0.6 is 0 Å². The molecule has 0 aromatic rings. The molecule has 88 valence electrons. The summed E-state index contributed by atoms with van der Waals surface area (Å²) in [5.74, 6) is 0. The van der Waals surface area contributed by atoms with Gasteiger partial charge in [0.25, 0.3) is 0 Å². The summed E-state index contributed by atoms with van der Waals surface area (Å²) in [5, 5.41) is 0. The molecule has 0 atom stereocenters. The summed E-state index contributed by atoms with van der Waals surface area (Å²) in [4.78, 5) is 15.8. The average Bonchev–Trinajstić information content (AvgIpc) is 2.19. The quantitative estimate of drug-likeness (QED) is 0.747. The molecule has 2 N–H and O–H groups in total. The standard InChI is InChI=1S/C11H23N3O/c1-3-13(2)11(15)14(9-5-8-12)10-6-4-7-10/h10H,3-9,12H2,1-2H3. The first-order valence-corrected chi connectivity index (χ1v) is 5.92. The van der Waals surface area contributed by atoms with Crippen LogP contribution in [0.2, 0.25) is 0 Å². The zero-order chi connectivity index (χ0) is 11.3. The first-order valence-electron chi connectivity index (χ1n) is 5.92. The number of amides is 2. The summed E-state index contributed by atoms with van der Waals surface area (Å²) >= 11 is 0. The van der Waals surface area contributed by atoms with E-state index < -0.39 is 0 Å². The molecule has 0 aliphatic heterocycles. The second-order valence-electron chi connectivity index (χ2n) is 4.22. The van der Waals surface area contributed by atoms with Crippen molar-refractivity contribution in [2.45, 2.75) is 38.6 Å². The Morgan fingerprint density at radius 2 is 2.13 bits per heavy atom. The van der Waals surface area contributed by atoms with Gasteiger partial charge in [-0.15, -0.1) is 0 Å². The SMILES string of the molecule is CCN(C)C(=O)N(CCCN)C1CCC1. The molecule has 0 aromatic carbocycles. The minimum Gasteiger partial charge on any atom is -0.330 e. The maximum Gasteiger partial charge on any atom is 0.319 e. The van der Waals surface area contributed by atoms with Crippen molar-refractivity contribution in [1.29, 1.82) is 0 Å². The molecule has 0 unspecified atom stereocenters. The number of carbonyl (C=O) groups is 1. The van der Waals surface area contributed by atoms with E-state index in [2.05, 4.69) is 0 Å². The lowest BCUT2D eigenvalue weighted by molar-refractivity contribution is 0.113. The van der Waals surface area contributed by atoms with Gasteiger partial charge in [-0.1, -0.05) is 0 Å². The van der Waals surface area contributed by atoms with Crippen molar-refractivity contribution in [3.05, 3.63) is 0 Å². The van der Waals surface area contributed by atoms with Crippen molar-refractivity contribution < 1.29 is 4.79 Å². The minimum atomic E-state index is 0.163. The zero-order valence-electron chi connectivity index (χ0n) is 9.91. The van der Waals surface area contributed by atoms with Gasteiger partial charge in [0, 0.05) is 26.2 Å². The number of nitrogens with two attached hydrogens (primary N) is 1. The summed E-state index contributed by atoms with van der Waals surface area (Å²) in [6.07, 6.45) is 4.48. The van der Waals surface area contributed by atoms with E-state index in [9.17, 15) is 4.79 Å². The van der Waals surface area contributed by atoms with Crippen LogP contribution < -0.4 is 5.73 Å². The van der Waals surface area contributed by atoms with Crippen molar-refractivity contribution in [2.75, 3.05) is 26.7 Å². The Labute approximate surface area is 92.4 Å². The highest BCUT2D eigenvalue weighted by Gasteiger charge is 2.29. The molecule has 0 heterocycles. The summed E-state index contributed by atoms with van der Waals surface area (Å²) in [6.45, 7) is 4.24. The van der Waals surface area contributed by atoms with E-state index in [1.165, 1.54) is 6.42 Å². The van der Waals surface area contributed by atoms with E-state index in [0.29, 0.717) is 12.6 Å². The van der Waals surface area contributed by atoms with Crippen LogP contribution in [0.1, 0.15) is 32.6 Å². The predicted molar refractivity (Wildman–Crippen MR) is 61.7 cm³/mol. The lowest BCUT2D eigenvalue weighted by Gasteiger charge is -2.39. The third-order valence-electron chi connectivity index (χ3n) is 3.17. The molecule has 1 fully saturated rings. The summed E-state index contributed by atoms with van der Waals surface area (Å²) in [5.41, 5.74) is 5.49. The van der Waals surface area contributed by atoms with Gasteiger partial charge in [0.1, 0.15) is 0 Å². The first-order chi connectivity index (χ1) is 7.20. The highest BCUT2D eigenvalue weighted by atomic mass is 16.2. The largest absolute Gasteiger partial charge is 0.330 e. The van der Waals surface area contributed by atoms with Crippen LogP contribution in [0.4, 0.5) is 4.79 Å². The smallest absolute Gasteiger partial charge is 0.319 e. The minimum absolute atomic E-state index is 0.163. The van der Waals surface area contributed by atoms with Crippen LogP contribution in [0, 0.1) is 0 Å². The Morgan fingerprint density at radius 3 is 2.53 bits per heavy atom. The monoisotopic (exact) mass is 213 g/mol. The molecular formula is C11H23N3O. The molecular weight excluding hydrogens is 190 g/mol. The highest BCUT2D eigenvalue weighted by molar-refractivity contribution is 5.74. The van der Waals surface area contributed by atoms with Crippen molar-refractivity contribution in [3.8, 4) is 0 Å². The van der Waals surface area contributed by atoms with Crippen LogP contribution in [-0.2, 0) is 0 Å². The van der Waals surface area contributed by atoms with Crippen LogP contribution in [-0.4, -0.2) is 48.6 Å². The fourth-order valence-corrected chi connectivity index (χ4v) is 1.75. The fourth-order valence-electron chi connectivity index (χ4n) is 1.75. The molecule has 1 saturated carbocycles. The Kier molecular flexibility index (Phi) is 4.88. The van der Waals surface area contributed by atoms with Crippen molar-refractivity contribution >= 4 is 6.03 Å². The van der Waals surface area contributed by atoms with E-state index in [4.69, 9.17) is 5.73 Å². The van der Waals surface area contributed by atoms with Gasteiger partial charge >= 0.3 is 6.03 Å². The molecule has 0 bridgehead atoms. The maximum absolute atomic E-state index is 12.0. The van der Waals surface area contributed by atoms with Crippen molar-refractivity contribution in [1.82, 2.24) is 9.80 Å². The fraction of sp³-hybridized carbons (Fsp3) is 0.909. The van der Waals surface area contributed by atoms with Crippen LogP contribution in [0.25, 0.3) is 0 Å². The Hall–Kier alpha value is -0.770. The molecule has 4 heteroatoms. The van der Waals surface area contributed by atoms with Gasteiger partial charge in [-0.3, -0.25) is 0 Å². The Morgan fingerprint density at radius 1 is 1.47 bits per heavy atom. The first kappa shape index (κ1) is 12.3. The second-order valence-corrected chi connectivity index (χ2v) is 4.22. The van der Waals surface area contributed by atoms with E-state index in [1.54, 1.807) is 4.90 Å². The molecule has 1 rings (SSSR count). The second kappa shape index (κ2) is 5.95. The molecule has 0 radical (unpaired) electrons. The number of hydrogen-bond acceptors (Lipinski definition) is 2. The molecule has 15 heavy (non-hydrogen) atoms. The average molecular weight is 213 g/mol. The van der Waals surface area contributed by atoms with Crippen molar-refractivity contribution in [3.63, 3.8) is 0 Å². The third-order valence-corrected chi connectivity index (χ3v) is 3.17. The number of urea groups is 1. The lowest BCUT2D eigenvalue weighted by atomic mass is 9.91. The van der Waals surface area contributed by atoms with Gasteiger partial charge in [0.05, 0.1) is 0 Å². The van der Waals surface area contributed by atoms with Gasteiger partial charge in [0.2, 0.25) is 0 Å². The summed E-state index contributed by atoms with van der Waals surface area (Å²) < 4.78 is 0. The van der Waals surface area contributed by atoms with Crippen LogP contribution in [0.3, 0.4) is 0 Å². The van der Waals surface area contributed by atoms with E-state index in [1.807, 2.05) is 18.9 Å². The molecule has 1 aliphatic carbocycles. The lowest BCUT2D eigenvalue weighted by Crippen LogP contribution is -2.50. The van der Waals surface area contributed by atoms with Gasteiger partial charge in [-0.05, 0) is 39.2 Å². The van der Waals surface area contributed by atoms with Gasteiger partial charge in [-0.25, -0.2) is 4.79 Å². The van der Waals surface area contributed by atoms with Gasteiger partial charge in [0.15, 0.2) is 0 Å². The van der Waals surface area contributed by atoms with E-state index >= 15 is 0 Å². The molecule has 0 saturated heterocycles. The molecule has 0 spiro atoms. The summed E-state index contributed by atoms with van der Waals surface area (Å²) in [7, 11) is 1.86. The third kappa shape index (κ3) is 3.09. The normalized spacial score (nSPS) is 15.9. The topological polar surface area (TPSA) is 49.6 Å². The summed E-state index contributed by atoms with van der Waals surface area (Å²) in [6, 6.07) is 0.633. The zero-order valence-corrected chi connectivity index (χ0v) is 9.91. The molecule has 0 aromatic heterocycles. The maximum atomic E-state index is 12.0. The highest BCUT2D eigenvalue weighted by Crippen LogP contribution is 2.25. The molecule has 4 nitrogen and oxygen atoms in total. The van der Waals surface area contributed by atoms with Crippen LogP contribution in [0.15, 0.2) is 0 Å². The Balaban J connectivity index is 2.49. The van der Waals surface area contributed by atoms with Crippen LogP contribution in [0.5, 0.6) is 0 Å². The predicted octanol–water partition coefficient (Wildman–Crippen LogP) is 1.26. The number of carbonyl (C=O) groups excluding carboxylic acids is 1. The number of hydrogen-bond donors (Lipinski definition) is 1. The molecule has 2 amide bonds. The van der Waals surface area contributed by atoms with Gasteiger partial charge < -0.3 is 15.5 Å². The Bertz CT molecular complexity index is 204. The van der Waals surface area contributed by atoms with E-state index in [0.717, 1.165) is 32.4 Å². The van der Waals surface area contributed by atoms with Crippen molar-refractivity contribution in [2.24, 2.45) is 5.73 Å².